The van der Waals surface area contributed by atoms with Crippen molar-refractivity contribution in [1.29, 1.82) is 0 Å². The third-order valence-corrected chi connectivity index (χ3v) is 1.80. The third-order valence-electron chi connectivity index (χ3n) is 1.49. The van der Waals surface area contributed by atoms with Crippen LogP contribution in [0.1, 0.15) is 0 Å². The van der Waals surface area contributed by atoms with Gasteiger partial charge in [0.05, 0.1) is 12.1 Å². The van der Waals surface area contributed by atoms with Gasteiger partial charge in [-0.15, -0.1) is 0 Å². The van der Waals surface area contributed by atoms with E-state index >= 15 is 0 Å². The lowest BCUT2D eigenvalue weighted by Gasteiger charge is -2.07. The van der Waals surface area contributed by atoms with Crippen LogP contribution in [0.4, 0.5) is 0 Å². The summed E-state index contributed by atoms with van der Waals surface area (Å²) in [6, 6.07) is 4.78. The van der Waals surface area contributed by atoms with Crippen LogP contribution in [0.15, 0.2) is 18.2 Å². The van der Waals surface area contributed by atoms with Crippen LogP contribution in [0, 0.1) is 0 Å². The van der Waals surface area contributed by atoms with E-state index in [0.29, 0.717) is 16.5 Å². The second-order valence-corrected chi connectivity index (χ2v) is 2.89. The molecule has 0 fully saturated rings. The molecule has 0 aliphatic rings. The van der Waals surface area contributed by atoms with Crippen molar-refractivity contribution in [2.24, 2.45) is 0 Å². The number of benzene rings is 1. The Morgan fingerprint density at radius 1 is 1.57 bits per heavy atom. The van der Waals surface area contributed by atoms with Gasteiger partial charge in [-0.2, -0.15) is 0 Å². The van der Waals surface area contributed by atoms with E-state index in [2.05, 4.69) is 0 Å². The van der Waals surface area contributed by atoms with Crippen molar-refractivity contribution in [3.05, 3.63) is 23.2 Å². The molecule has 4 nitrogen and oxygen atoms in total. The molecular weight excluding hydrogens is 208 g/mol. The van der Waals surface area contributed by atoms with Gasteiger partial charge >= 0.3 is 5.97 Å². The summed E-state index contributed by atoms with van der Waals surface area (Å²) in [6.07, 6.45) is 0. The number of aliphatic carboxylic acids is 1. The smallest absolute Gasteiger partial charge is 0.341 e. The van der Waals surface area contributed by atoms with Crippen molar-refractivity contribution in [2.45, 2.75) is 0 Å². The largest absolute Gasteiger partial charge is 0.497 e. The highest BCUT2D eigenvalue weighted by Gasteiger charge is 2.05. The molecule has 0 bridgehead atoms. The number of rotatable bonds is 4. The summed E-state index contributed by atoms with van der Waals surface area (Å²) in [6.45, 7) is -0.424. The summed E-state index contributed by atoms with van der Waals surface area (Å²) in [5, 5.41) is 8.75. The van der Waals surface area contributed by atoms with Crippen LogP contribution in [0.2, 0.25) is 5.02 Å². The molecule has 0 heterocycles. The molecule has 76 valence electrons. The maximum atomic E-state index is 10.2. The van der Waals surface area contributed by atoms with Gasteiger partial charge in [0.15, 0.2) is 6.61 Å². The number of methoxy groups -OCH3 is 1. The monoisotopic (exact) mass is 216 g/mol. The van der Waals surface area contributed by atoms with E-state index < -0.39 is 12.6 Å². The summed E-state index contributed by atoms with van der Waals surface area (Å²) in [4.78, 5) is 10.2. The van der Waals surface area contributed by atoms with Crippen LogP contribution in [0.3, 0.4) is 0 Å². The van der Waals surface area contributed by atoms with Crippen molar-refractivity contribution < 1.29 is 19.4 Å². The number of hydrogen-bond donors (Lipinski definition) is 1. The highest BCUT2D eigenvalue weighted by Crippen LogP contribution is 2.28. The third kappa shape index (κ3) is 2.81. The lowest BCUT2D eigenvalue weighted by molar-refractivity contribution is -0.139. The minimum Gasteiger partial charge on any atom is -0.497 e. The van der Waals surface area contributed by atoms with Crippen LogP contribution in [-0.2, 0) is 4.79 Å². The summed E-state index contributed by atoms with van der Waals surface area (Å²) in [5.74, 6) is -0.188. The molecule has 0 radical (unpaired) electrons. The molecule has 0 aliphatic carbocycles. The standard InChI is InChI=1S/C9H9ClO4/c1-13-6-2-3-7(10)8(4-6)14-5-9(11)12/h2-4H,5H2,1H3,(H,11,12). The first-order chi connectivity index (χ1) is 6.63. The van der Waals surface area contributed by atoms with E-state index in [9.17, 15) is 4.79 Å². The van der Waals surface area contributed by atoms with Crippen molar-refractivity contribution in [1.82, 2.24) is 0 Å². The summed E-state index contributed by atoms with van der Waals surface area (Å²) < 4.78 is 9.86. The zero-order valence-corrected chi connectivity index (χ0v) is 8.25. The molecule has 1 aromatic rings. The summed E-state index contributed by atoms with van der Waals surface area (Å²) in [5.41, 5.74) is 0. The number of carboxylic acids is 1. The highest BCUT2D eigenvalue weighted by molar-refractivity contribution is 6.32. The van der Waals surface area contributed by atoms with Gasteiger partial charge in [0.1, 0.15) is 11.5 Å². The second-order valence-electron chi connectivity index (χ2n) is 2.48. The molecular formula is C9H9ClO4. The molecule has 0 amide bonds. The molecule has 0 spiro atoms. The van der Waals surface area contributed by atoms with Crippen LogP contribution in [-0.4, -0.2) is 24.8 Å². The molecule has 5 heteroatoms. The highest BCUT2D eigenvalue weighted by atomic mass is 35.5. The summed E-state index contributed by atoms with van der Waals surface area (Å²) >= 11 is 5.76. The van der Waals surface area contributed by atoms with Gasteiger partial charge in [0.2, 0.25) is 0 Å². The van der Waals surface area contributed by atoms with Gasteiger partial charge in [-0.25, -0.2) is 4.79 Å². The lowest BCUT2D eigenvalue weighted by atomic mass is 10.3. The normalized spacial score (nSPS) is 9.57. The Bertz CT molecular complexity index is 338. The van der Waals surface area contributed by atoms with E-state index in [1.807, 2.05) is 0 Å². The fraction of sp³-hybridized carbons (Fsp3) is 0.222. The van der Waals surface area contributed by atoms with Crippen molar-refractivity contribution >= 4 is 17.6 Å². The molecule has 1 N–H and O–H groups in total. The van der Waals surface area contributed by atoms with E-state index in [1.165, 1.54) is 13.2 Å². The van der Waals surface area contributed by atoms with E-state index in [0.717, 1.165) is 0 Å². The maximum Gasteiger partial charge on any atom is 0.341 e. The van der Waals surface area contributed by atoms with Crippen LogP contribution < -0.4 is 9.47 Å². The zero-order valence-electron chi connectivity index (χ0n) is 7.49. The zero-order chi connectivity index (χ0) is 10.6. The van der Waals surface area contributed by atoms with Gasteiger partial charge in [0, 0.05) is 6.07 Å². The number of ether oxygens (including phenoxy) is 2. The number of halogens is 1. The Labute approximate surface area is 86.0 Å². The molecule has 0 unspecified atom stereocenters. The average molecular weight is 217 g/mol. The van der Waals surface area contributed by atoms with E-state index in [1.54, 1.807) is 12.1 Å². The number of hydrogen-bond acceptors (Lipinski definition) is 3. The molecule has 0 aliphatic heterocycles. The Morgan fingerprint density at radius 3 is 2.86 bits per heavy atom. The topological polar surface area (TPSA) is 55.8 Å². The number of carboxylic acid groups (broad SMARTS) is 1. The van der Waals surface area contributed by atoms with Gasteiger partial charge in [0.25, 0.3) is 0 Å². The lowest BCUT2D eigenvalue weighted by Crippen LogP contribution is -2.09. The molecule has 14 heavy (non-hydrogen) atoms. The fourth-order valence-corrected chi connectivity index (χ4v) is 1.03. The Balaban J connectivity index is 2.78. The van der Waals surface area contributed by atoms with Gasteiger partial charge < -0.3 is 14.6 Å². The molecule has 0 atom stereocenters. The Hall–Kier alpha value is -1.42. The predicted molar refractivity (Wildman–Crippen MR) is 51.1 cm³/mol. The SMILES string of the molecule is COc1ccc(Cl)c(OCC(=O)O)c1. The van der Waals surface area contributed by atoms with Crippen molar-refractivity contribution in [2.75, 3.05) is 13.7 Å². The molecule has 1 aromatic carbocycles. The minimum absolute atomic E-state index is 0.299. The Kier molecular flexibility index (Phi) is 3.59. The quantitative estimate of drug-likeness (QED) is 0.834. The average Bonchev–Trinajstić information content (AvgIpc) is 2.16. The summed E-state index contributed by atoms with van der Waals surface area (Å²) in [7, 11) is 1.50. The van der Waals surface area contributed by atoms with Crippen molar-refractivity contribution in [3.8, 4) is 11.5 Å². The molecule has 0 aromatic heterocycles. The van der Waals surface area contributed by atoms with Crippen molar-refractivity contribution in [3.63, 3.8) is 0 Å². The van der Waals surface area contributed by atoms with Crippen LogP contribution >= 0.6 is 11.6 Å². The maximum absolute atomic E-state index is 10.2. The van der Waals surface area contributed by atoms with Crippen LogP contribution in [0.5, 0.6) is 11.5 Å². The predicted octanol–water partition coefficient (Wildman–Crippen LogP) is 1.81. The first kappa shape index (κ1) is 10.7. The fourth-order valence-electron chi connectivity index (χ4n) is 0.861. The molecule has 0 saturated carbocycles. The molecule has 0 saturated heterocycles. The Morgan fingerprint density at radius 2 is 2.29 bits per heavy atom. The van der Waals surface area contributed by atoms with Crippen LogP contribution in [0.25, 0.3) is 0 Å². The first-order valence-corrected chi connectivity index (χ1v) is 4.19. The van der Waals surface area contributed by atoms with Gasteiger partial charge in [-0.05, 0) is 12.1 Å². The van der Waals surface area contributed by atoms with Gasteiger partial charge in [-0.1, -0.05) is 11.6 Å². The number of carbonyl (C=O) groups is 1. The molecule has 1 rings (SSSR count). The first-order valence-electron chi connectivity index (χ1n) is 3.81. The van der Waals surface area contributed by atoms with Gasteiger partial charge in [-0.3, -0.25) is 0 Å². The second kappa shape index (κ2) is 4.72. The van der Waals surface area contributed by atoms with E-state index in [4.69, 9.17) is 26.2 Å². The van der Waals surface area contributed by atoms with E-state index in [-0.39, 0.29) is 0 Å². The minimum atomic E-state index is -1.05.